The van der Waals surface area contributed by atoms with Gasteiger partial charge >= 0.3 is 0 Å². The standard InChI is InChI=1S/C20H31NO3/c1-20(2,23)12-10-16-7-6-8-17(15-16)19(22)21-13-5-4-9-18(21)11-14-24-3/h6-8,15,18,23H,4-5,9-14H2,1-3H3/t18-/m0/s1. The predicted octanol–water partition coefficient (Wildman–Crippen LogP) is 3.42. The number of nitrogens with zero attached hydrogens (tertiary/aromatic N) is 1. The molecule has 1 aliphatic heterocycles. The van der Waals surface area contributed by atoms with E-state index in [1.54, 1.807) is 7.11 Å². The van der Waals surface area contributed by atoms with Crippen molar-refractivity contribution in [3.05, 3.63) is 35.4 Å². The highest BCUT2D eigenvalue weighted by molar-refractivity contribution is 5.94. The molecule has 134 valence electrons. The third-order valence-electron chi connectivity index (χ3n) is 4.74. The second-order valence-electron chi connectivity index (χ2n) is 7.44. The Balaban J connectivity index is 2.07. The fourth-order valence-electron chi connectivity index (χ4n) is 3.30. The minimum atomic E-state index is -0.682. The van der Waals surface area contributed by atoms with Gasteiger partial charge < -0.3 is 14.7 Å². The van der Waals surface area contributed by atoms with Crippen LogP contribution in [0.2, 0.25) is 0 Å². The number of hydrogen-bond donors (Lipinski definition) is 1. The maximum Gasteiger partial charge on any atom is 0.254 e. The summed E-state index contributed by atoms with van der Waals surface area (Å²) < 4.78 is 5.20. The van der Waals surface area contributed by atoms with Crippen LogP contribution in [0.15, 0.2) is 24.3 Å². The molecule has 4 nitrogen and oxygen atoms in total. The Bertz CT molecular complexity index is 536. The van der Waals surface area contributed by atoms with Crippen LogP contribution in [0.25, 0.3) is 0 Å². The molecule has 0 aromatic heterocycles. The van der Waals surface area contributed by atoms with Gasteiger partial charge in [-0.15, -0.1) is 0 Å². The lowest BCUT2D eigenvalue weighted by atomic mass is 9.96. The first-order valence-electron chi connectivity index (χ1n) is 9.02. The van der Waals surface area contributed by atoms with Crippen LogP contribution in [0.5, 0.6) is 0 Å². The van der Waals surface area contributed by atoms with Crippen molar-refractivity contribution in [2.75, 3.05) is 20.3 Å². The predicted molar refractivity (Wildman–Crippen MR) is 96.2 cm³/mol. The molecule has 0 spiro atoms. The third-order valence-corrected chi connectivity index (χ3v) is 4.74. The van der Waals surface area contributed by atoms with Crippen LogP contribution in [0.4, 0.5) is 0 Å². The summed E-state index contributed by atoms with van der Waals surface area (Å²) in [5.74, 6) is 0.126. The number of benzene rings is 1. The maximum atomic E-state index is 13.0. The van der Waals surface area contributed by atoms with Gasteiger partial charge in [0.15, 0.2) is 0 Å². The Labute approximate surface area is 145 Å². The summed E-state index contributed by atoms with van der Waals surface area (Å²) in [6.45, 7) is 5.16. The zero-order chi connectivity index (χ0) is 17.6. The number of piperidine rings is 1. The molecule has 0 unspecified atom stereocenters. The highest BCUT2D eigenvalue weighted by Gasteiger charge is 2.27. The first-order valence-corrected chi connectivity index (χ1v) is 9.02. The number of carbonyl (C=O) groups is 1. The van der Waals surface area contributed by atoms with Crippen LogP contribution in [-0.2, 0) is 11.2 Å². The van der Waals surface area contributed by atoms with E-state index in [0.29, 0.717) is 13.0 Å². The second-order valence-corrected chi connectivity index (χ2v) is 7.44. The normalized spacial score (nSPS) is 18.7. The van der Waals surface area contributed by atoms with Gasteiger partial charge in [0.1, 0.15) is 0 Å². The number of rotatable bonds is 7. The number of hydrogen-bond acceptors (Lipinski definition) is 3. The van der Waals surface area contributed by atoms with E-state index >= 15 is 0 Å². The van der Waals surface area contributed by atoms with Gasteiger partial charge in [-0.05, 0) is 70.1 Å². The zero-order valence-electron chi connectivity index (χ0n) is 15.3. The summed E-state index contributed by atoms with van der Waals surface area (Å²) in [6, 6.07) is 8.14. The summed E-state index contributed by atoms with van der Waals surface area (Å²) in [5, 5.41) is 9.89. The first kappa shape index (κ1) is 18.9. The number of ether oxygens (including phenoxy) is 1. The van der Waals surface area contributed by atoms with E-state index in [1.165, 1.54) is 6.42 Å². The Morgan fingerprint density at radius 3 is 2.88 bits per heavy atom. The van der Waals surface area contributed by atoms with Gasteiger partial charge in [0, 0.05) is 31.9 Å². The van der Waals surface area contributed by atoms with Crippen LogP contribution in [-0.4, -0.2) is 47.8 Å². The van der Waals surface area contributed by atoms with E-state index in [-0.39, 0.29) is 11.9 Å². The van der Waals surface area contributed by atoms with Gasteiger partial charge in [-0.25, -0.2) is 0 Å². The first-order chi connectivity index (χ1) is 11.4. The van der Waals surface area contributed by atoms with Gasteiger partial charge in [0.25, 0.3) is 5.91 Å². The largest absolute Gasteiger partial charge is 0.390 e. The van der Waals surface area contributed by atoms with Crippen molar-refractivity contribution in [2.24, 2.45) is 0 Å². The average Bonchev–Trinajstić information content (AvgIpc) is 2.57. The molecule has 1 aromatic carbocycles. The van der Waals surface area contributed by atoms with E-state index < -0.39 is 5.60 Å². The smallest absolute Gasteiger partial charge is 0.254 e. The highest BCUT2D eigenvalue weighted by atomic mass is 16.5. The average molecular weight is 333 g/mol. The molecule has 1 heterocycles. The fourth-order valence-corrected chi connectivity index (χ4v) is 3.30. The Morgan fingerprint density at radius 2 is 2.17 bits per heavy atom. The van der Waals surface area contributed by atoms with Crippen molar-refractivity contribution in [3.63, 3.8) is 0 Å². The molecular weight excluding hydrogens is 302 g/mol. The Hall–Kier alpha value is -1.39. The monoisotopic (exact) mass is 333 g/mol. The van der Waals surface area contributed by atoms with E-state index in [2.05, 4.69) is 0 Å². The zero-order valence-corrected chi connectivity index (χ0v) is 15.3. The molecule has 1 saturated heterocycles. The maximum absolute atomic E-state index is 13.0. The Morgan fingerprint density at radius 1 is 1.38 bits per heavy atom. The van der Waals surface area contributed by atoms with Crippen LogP contribution in [0, 0.1) is 0 Å². The quantitative estimate of drug-likeness (QED) is 0.832. The van der Waals surface area contributed by atoms with Crippen molar-refractivity contribution in [1.82, 2.24) is 4.90 Å². The summed E-state index contributed by atoms with van der Waals surface area (Å²) in [4.78, 5) is 15.0. The molecule has 0 saturated carbocycles. The molecule has 1 fully saturated rings. The van der Waals surface area contributed by atoms with Crippen molar-refractivity contribution in [3.8, 4) is 0 Å². The van der Waals surface area contributed by atoms with Crippen LogP contribution >= 0.6 is 0 Å². The molecule has 4 heteroatoms. The number of aliphatic hydroxyl groups is 1. The molecule has 0 radical (unpaired) electrons. The van der Waals surface area contributed by atoms with E-state index in [9.17, 15) is 9.90 Å². The lowest BCUT2D eigenvalue weighted by Gasteiger charge is -2.36. The number of amides is 1. The van der Waals surface area contributed by atoms with Gasteiger partial charge in [0.05, 0.1) is 5.60 Å². The van der Waals surface area contributed by atoms with E-state index in [0.717, 1.165) is 43.4 Å². The third kappa shape index (κ3) is 5.60. The minimum Gasteiger partial charge on any atom is -0.390 e. The van der Waals surface area contributed by atoms with E-state index in [1.807, 2.05) is 43.0 Å². The van der Waals surface area contributed by atoms with Crippen molar-refractivity contribution < 1.29 is 14.6 Å². The van der Waals surface area contributed by atoms with Crippen LogP contribution in [0.1, 0.15) is 61.9 Å². The SMILES string of the molecule is COCC[C@@H]1CCCCN1C(=O)c1cccc(CCC(C)(C)O)c1. The van der Waals surface area contributed by atoms with Gasteiger partial charge in [-0.2, -0.15) is 0 Å². The van der Waals surface area contributed by atoms with Crippen molar-refractivity contribution >= 4 is 5.91 Å². The molecule has 0 aliphatic carbocycles. The van der Waals surface area contributed by atoms with Crippen LogP contribution in [0.3, 0.4) is 0 Å². The fraction of sp³-hybridized carbons (Fsp3) is 0.650. The summed E-state index contributed by atoms with van der Waals surface area (Å²) in [5.41, 5.74) is 1.18. The number of carbonyl (C=O) groups excluding carboxylic acids is 1. The number of likely N-dealkylation sites (tertiary alicyclic amines) is 1. The minimum absolute atomic E-state index is 0.126. The van der Waals surface area contributed by atoms with Crippen molar-refractivity contribution in [2.45, 2.75) is 64.0 Å². The molecule has 2 rings (SSSR count). The number of methoxy groups -OCH3 is 1. The molecule has 0 bridgehead atoms. The topological polar surface area (TPSA) is 49.8 Å². The molecule has 1 aromatic rings. The molecule has 24 heavy (non-hydrogen) atoms. The number of aryl methyl sites for hydroxylation is 1. The molecule has 1 N–H and O–H groups in total. The Kier molecular flexibility index (Phi) is 6.81. The van der Waals surface area contributed by atoms with Gasteiger partial charge in [0.2, 0.25) is 0 Å². The molecule has 1 amide bonds. The molecule has 1 atom stereocenters. The van der Waals surface area contributed by atoms with Crippen molar-refractivity contribution in [1.29, 1.82) is 0 Å². The second kappa shape index (κ2) is 8.63. The lowest BCUT2D eigenvalue weighted by Crippen LogP contribution is -2.44. The molecule has 1 aliphatic rings. The van der Waals surface area contributed by atoms with Crippen LogP contribution < -0.4 is 0 Å². The molecular formula is C20H31NO3. The van der Waals surface area contributed by atoms with E-state index in [4.69, 9.17) is 4.74 Å². The van der Waals surface area contributed by atoms with Gasteiger partial charge in [-0.1, -0.05) is 12.1 Å². The summed E-state index contributed by atoms with van der Waals surface area (Å²) in [6.07, 6.45) is 5.69. The lowest BCUT2D eigenvalue weighted by molar-refractivity contribution is 0.0553. The van der Waals surface area contributed by atoms with Gasteiger partial charge in [-0.3, -0.25) is 4.79 Å². The summed E-state index contributed by atoms with van der Waals surface area (Å²) in [7, 11) is 1.71. The highest BCUT2D eigenvalue weighted by Crippen LogP contribution is 2.23. The summed E-state index contributed by atoms with van der Waals surface area (Å²) >= 11 is 0.